The van der Waals surface area contributed by atoms with Crippen molar-refractivity contribution in [3.05, 3.63) is 0 Å². The van der Waals surface area contributed by atoms with Crippen molar-refractivity contribution in [2.24, 2.45) is 17.7 Å². The van der Waals surface area contributed by atoms with E-state index >= 15 is 0 Å². The van der Waals surface area contributed by atoms with Crippen LogP contribution in [0.4, 0.5) is 0 Å². The molecule has 0 aromatic carbocycles. The van der Waals surface area contributed by atoms with Crippen molar-refractivity contribution < 1.29 is 4.79 Å². The van der Waals surface area contributed by atoms with Crippen molar-refractivity contribution in [1.29, 1.82) is 0 Å². The van der Waals surface area contributed by atoms with Gasteiger partial charge in [-0.3, -0.25) is 10.2 Å². The van der Waals surface area contributed by atoms with Gasteiger partial charge in [-0.05, 0) is 31.6 Å². The van der Waals surface area contributed by atoms with Gasteiger partial charge in [0.25, 0.3) is 0 Å². The molecule has 0 saturated heterocycles. The average molecular weight is 186 g/mol. The topological polar surface area (TPSA) is 55.1 Å². The van der Waals surface area contributed by atoms with Crippen LogP contribution in [-0.4, -0.2) is 5.91 Å². The number of carbonyl (C=O) groups excluding carboxylic acids is 1. The second kappa shape index (κ2) is 6.89. The minimum absolute atomic E-state index is 0.0110. The van der Waals surface area contributed by atoms with Crippen LogP contribution in [0.5, 0.6) is 0 Å². The number of rotatable bonds is 1. The number of hydrogen-bond acceptors (Lipinski definition) is 2. The molecule has 1 rings (SSSR count). The van der Waals surface area contributed by atoms with Gasteiger partial charge in [-0.15, -0.1) is 0 Å². The van der Waals surface area contributed by atoms with Crippen LogP contribution < -0.4 is 11.3 Å². The van der Waals surface area contributed by atoms with E-state index < -0.39 is 0 Å². The predicted molar refractivity (Wildman–Crippen MR) is 54.8 cm³/mol. The second-order valence-corrected chi connectivity index (χ2v) is 3.47. The van der Waals surface area contributed by atoms with Gasteiger partial charge in [-0.1, -0.05) is 20.8 Å². The predicted octanol–water partition coefficient (Wildman–Crippen LogP) is 1.83. The van der Waals surface area contributed by atoms with Crippen LogP contribution in [0.25, 0.3) is 0 Å². The molecule has 0 unspecified atom stereocenters. The number of carbonyl (C=O) groups is 1. The minimum Gasteiger partial charge on any atom is -0.294 e. The largest absolute Gasteiger partial charge is 0.294 e. The SMILES string of the molecule is CC.CC1CCC(C(=O)NN)CC1. The van der Waals surface area contributed by atoms with E-state index in [1.54, 1.807) is 0 Å². The Labute approximate surface area is 81.0 Å². The number of amides is 1. The molecule has 1 amide bonds. The van der Waals surface area contributed by atoms with Crippen molar-refractivity contribution in [2.75, 3.05) is 0 Å². The molecule has 13 heavy (non-hydrogen) atoms. The Bertz CT molecular complexity index is 140. The summed E-state index contributed by atoms with van der Waals surface area (Å²) in [5, 5.41) is 0. The lowest BCUT2D eigenvalue weighted by Crippen LogP contribution is -2.37. The zero-order valence-electron chi connectivity index (χ0n) is 8.97. The lowest BCUT2D eigenvalue weighted by atomic mass is 9.83. The Kier molecular flexibility index (Phi) is 6.59. The van der Waals surface area contributed by atoms with Gasteiger partial charge in [0.05, 0.1) is 0 Å². The maximum atomic E-state index is 11.0. The molecule has 3 N–H and O–H groups in total. The molecule has 78 valence electrons. The van der Waals surface area contributed by atoms with E-state index in [-0.39, 0.29) is 11.8 Å². The standard InChI is InChI=1S/C8H16N2O.C2H6/c1-6-2-4-7(5-3-6)8(11)10-9;1-2/h6-7H,2-5,9H2,1H3,(H,10,11);1-2H3. The third-order valence-electron chi connectivity index (χ3n) is 2.53. The van der Waals surface area contributed by atoms with Gasteiger partial charge in [0.2, 0.25) is 5.91 Å². The molecule has 0 aliphatic heterocycles. The van der Waals surface area contributed by atoms with Crippen LogP contribution >= 0.6 is 0 Å². The number of hydrogen-bond donors (Lipinski definition) is 2. The highest BCUT2D eigenvalue weighted by Crippen LogP contribution is 2.27. The van der Waals surface area contributed by atoms with Crippen LogP contribution in [-0.2, 0) is 4.79 Å². The lowest BCUT2D eigenvalue weighted by Gasteiger charge is -2.24. The first-order valence-corrected chi connectivity index (χ1v) is 5.24. The van der Waals surface area contributed by atoms with Crippen molar-refractivity contribution >= 4 is 5.91 Å². The highest BCUT2D eigenvalue weighted by Gasteiger charge is 2.23. The van der Waals surface area contributed by atoms with E-state index in [2.05, 4.69) is 12.3 Å². The molecule has 1 aliphatic rings. The van der Waals surface area contributed by atoms with E-state index in [4.69, 9.17) is 5.84 Å². The van der Waals surface area contributed by atoms with Crippen LogP contribution in [0.2, 0.25) is 0 Å². The fourth-order valence-electron chi connectivity index (χ4n) is 1.64. The molecule has 0 aromatic rings. The maximum Gasteiger partial charge on any atom is 0.236 e. The zero-order chi connectivity index (χ0) is 10.3. The Hall–Kier alpha value is -0.570. The molecule has 0 aromatic heterocycles. The summed E-state index contributed by atoms with van der Waals surface area (Å²) in [6.45, 7) is 6.23. The molecule has 1 fully saturated rings. The second-order valence-electron chi connectivity index (χ2n) is 3.47. The Morgan fingerprint density at radius 3 is 2.08 bits per heavy atom. The van der Waals surface area contributed by atoms with Gasteiger partial charge in [0, 0.05) is 5.92 Å². The minimum atomic E-state index is 0.0110. The van der Waals surface area contributed by atoms with Crippen LogP contribution in [0, 0.1) is 11.8 Å². The molecule has 1 saturated carbocycles. The van der Waals surface area contributed by atoms with E-state index in [1.807, 2.05) is 13.8 Å². The van der Waals surface area contributed by atoms with Gasteiger partial charge in [-0.2, -0.15) is 0 Å². The molecule has 0 radical (unpaired) electrons. The molecule has 3 nitrogen and oxygen atoms in total. The summed E-state index contributed by atoms with van der Waals surface area (Å²) < 4.78 is 0. The van der Waals surface area contributed by atoms with Crippen LogP contribution in [0.1, 0.15) is 46.5 Å². The number of nitrogens with two attached hydrogens (primary N) is 1. The van der Waals surface area contributed by atoms with Crippen molar-refractivity contribution in [3.8, 4) is 0 Å². The molecular weight excluding hydrogens is 164 g/mol. The van der Waals surface area contributed by atoms with Gasteiger partial charge in [0.15, 0.2) is 0 Å². The van der Waals surface area contributed by atoms with E-state index in [9.17, 15) is 4.79 Å². The van der Waals surface area contributed by atoms with E-state index in [1.165, 1.54) is 0 Å². The fourth-order valence-corrected chi connectivity index (χ4v) is 1.64. The third kappa shape index (κ3) is 4.27. The molecule has 0 heterocycles. The summed E-state index contributed by atoms with van der Waals surface area (Å²) in [6.07, 6.45) is 4.34. The van der Waals surface area contributed by atoms with Gasteiger partial charge >= 0.3 is 0 Å². The number of hydrazine groups is 1. The summed E-state index contributed by atoms with van der Waals surface area (Å²) in [4.78, 5) is 11.0. The average Bonchev–Trinajstić information content (AvgIpc) is 2.21. The quantitative estimate of drug-likeness (QED) is 0.373. The molecule has 0 spiro atoms. The first-order valence-electron chi connectivity index (χ1n) is 5.24. The van der Waals surface area contributed by atoms with Gasteiger partial charge in [0.1, 0.15) is 0 Å². The molecule has 0 bridgehead atoms. The number of nitrogens with one attached hydrogen (secondary N) is 1. The maximum absolute atomic E-state index is 11.0. The fraction of sp³-hybridized carbons (Fsp3) is 0.900. The summed E-state index contributed by atoms with van der Waals surface area (Å²) in [5.74, 6) is 6.01. The van der Waals surface area contributed by atoms with Gasteiger partial charge < -0.3 is 0 Å². The highest BCUT2D eigenvalue weighted by atomic mass is 16.2. The molecular formula is C10H22N2O. The van der Waals surface area contributed by atoms with Crippen LogP contribution in [0.15, 0.2) is 0 Å². The van der Waals surface area contributed by atoms with Crippen molar-refractivity contribution in [3.63, 3.8) is 0 Å². The summed E-state index contributed by atoms with van der Waals surface area (Å²) in [6, 6.07) is 0. The smallest absolute Gasteiger partial charge is 0.236 e. The summed E-state index contributed by atoms with van der Waals surface area (Å²) in [5.41, 5.74) is 2.21. The molecule has 0 atom stereocenters. The Morgan fingerprint density at radius 2 is 1.69 bits per heavy atom. The normalized spacial score (nSPS) is 27.1. The molecule has 1 aliphatic carbocycles. The van der Waals surface area contributed by atoms with E-state index in [0.29, 0.717) is 0 Å². The molecule has 3 heteroatoms. The van der Waals surface area contributed by atoms with Gasteiger partial charge in [-0.25, -0.2) is 5.84 Å². The Morgan fingerprint density at radius 1 is 1.23 bits per heavy atom. The Balaban J connectivity index is 0.000000671. The summed E-state index contributed by atoms with van der Waals surface area (Å²) in [7, 11) is 0. The highest BCUT2D eigenvalue weighted by molar-refractivity contribution is 5.77. The van der Waals surface area contributed by atoms with Crippen LogP contribution in [0.3, 0.4) is 0 Å². The first kappa shape index (κ1) is 12.4. The van der Waals surface area contributed by atoms with Crippen molar-refractivity contribution in [1.82, 2.24) is 5.43 Å². The monoisotopic (exact) mass is 186 g/mol. The zero-order valence-corrected chi connectivity index (χ0v) is 8.97. The first-order chi connectivity index (χ1) is 6.24. The van der Waals surface area contributed by atoms with E-state index in [0.717, 1.165) is 31.6 Å². The van der Waals surface area contributed by atoms with Crippen molar-refractivity contribution in [2.45, 2.75) is 46.5 Å². The lowest BCUT2D eigenvalue weighted by molar-refractivity contribution is -0.126. The third-order valence-corrected chi connectivity index (χ3v) is 2.53. The summed E-state index contributed by atoms with van der Waals surface area (Å²) >= 11 is 0.